The number of thiophene rings is 1. The van der Waals surface area contributed by atoms with Gasteiger partial charge in [0.15, 0.2) is 11.5 Å². The van der Waals surface area contributed by atoms with E-state index >= 15 is 0 Å². The second-order valence-electron chi connectivity index (χ2n) is 6.23. The number of anilines is 1. The molecule has 4 aromatic rings. The summed E-state index contributed by atoms with van der Waals surface area (Å²) in [7, 11) is 5.68. The summed E-state index contributed by atoms with van der Waals surface area (Å²) in [6, 6.07) is 11.8. The summed E-state index contributed by atoms with van der Waals surface area (Å²) in [4.78, 5) is 11.8. The minimum atomic E-state index is 0.503. The van der Waals surface area contributed by atoms with Gasteiger partial charge in [-0.15, -0.1) is 16.5 Å². The number of hydrogen-bond donors (Lipinski definition) is 0. The summed E-state index contributed by atoms with van der Waals surface area (Å²) in [5, 5.41) is 15.0. The van der Waals surface area contributed by atoms with Crippen molar-refractivity contribution in [1.29, 1.82) is 0 Å². The average molecular weight is 393 g/mol. The maximum Gasteiger partial charge on any atom is 0.188 e. The molecular formula is C19H19N7OS. The van der Waals surface area contributed by atoms with E-state index in [4.69, 9.17) is 4.74 Å². The van der Waals surface area contributed by atoms with E-state index in [1.807, 2.05) is 38.4 Å². The molecule has 0 spiro atoms. The predicted octanol–water partition coefficient (Wildman–Crippen LogP) is 4.24. The van der Waals surface area contributed by atoms with Crippen LogP contribution in [0.3, 0.4) is 0 Å². The van der Waals surface area contributed by atoms with Gasteiger partial charge < -0.3 is 9.64 Å². The first kappa shape index (κ1) is 18.1. The SMILES string of the molecule is COc1cccc(-n2ncc3c(N=NCc4ccc(N(C)C)s4)ncnc32)c1. The Bertz CT molecular complexity index is 1130. The normalized spacial score (nSPS) is 11.4. The molecule has 0 saturated carbocycles. The second-order valence-corrected chi connectivity index (χ2v) is 7.37. The molecule has 0 amide bonds. The fourth-order valence-electron chi connectivity index (χ4n) is 2.71. The smallest absolute Gasteiger partial charge is 0.188 e. The van der Waals surface area contributed by atoms with Gasteiger partial charge in [-0.25, -0.2) is 14.6 Å². The highest BCUT2D eigenvalue weighted by molar-refractivity contribution is 7.16. The summed E-state index contributed by atoms with van der Waals surface area (Å²) >= 11 is 1.70. The maximum atomic E-state index is 5.29. The zero-order chi connectivity index (χ0) is 19.5. The van der Waals surface area contributed by atoms with Gasteiger partial charge in [0.05, 0.1) is 35.9 Å². The average Bonchev–Trinajstić information content (AvgIpc) is 3.36. The van der Waals surface area contributed by atoms with Crippen LogP contribution in [0.5, 0.6) is 5.75 Å². The quantitative estimate of drug-likeness (QED) is 0.458. The van der Waals surface area contributed by atoms with Crippen LogP contribution in [0.1, 0.15) is 4.88 Å². The third kappa shape index (κ3) is 3.56. The highest BCUT2D eigenvalue weighted by Gasteiger charge is 2.11. The van der Waals surface area contributed by atoms with Crippen LogP contribution in [-0.4, -0.2) is 41.0 Å². The molecule has 0 radical (unpaired) electrons. The number of fused-ring (bicyclic) bond motifs is 1. The van der Waals surface area contributed by atoms with Gasteiger partial charge in [0, 0.05) is 25.0 Å². The third-order valence-electron chi connectivity index (χ3n) is 4.12. The Morgan fingerprint density at radius 2 is 2.07 bits per heavy atom. The Hall–Kier alpha value is -3.33. The molecule has 0 saturated heterocycles. The van der Waals surface area contributed by atoms with Crippen molar-refractivity contribution in [2.24, 2.45) is 10.2 Å². The van der Waals surface area contributed by atoms with Gasteiger partial charge in [-0.1, -0.05) is 6.07 Å². The number of benzene rings is 1. The van der Waals surface area contributed by atoms with E-state index in [9.17, 15) is 0 Å². The van der Waals surface area contributed by atoms with Gasteiger partial charge in [-0.3, -0.25) is 0 Å². The topological polar surface area (TPSA) is 80.8 Å². The number of rotatable bonds is 6. The van der Waals surface area contributed by atoms with Crippen LogP contribution in [-0.2, 0) is 6.54 Å². The van der Waals surface area contributed by atoms with Crippen molar-refractivity contribution in [3.8, 4) is 11.4 Å². The van der Waals surface area contributed by atoms with Gasteiger partial charge in [0.25, 0.3) is 0 Å². The number of azo groups is 1. The Morgan fingerprint density at radius 3 is 2.86 bits per heavy atom. The van der Waals surface area contributed by atoms with Crippen LogP contribution < -0.4 is 9.64 Å². The van der Waals surface area contributed by atoms with Gasteiger partial charge in [-0.2, -0.15) is 10.2 Å². The van der Waals surface area contributed by atoms with Crippen LogP contribution in [0.15, 0.2) is 59.2 Å². The Balaban J connectivity index is 1.60. The number of aromatic nitrogens is 4. The van der Waals surface area contributed by atoms with Gasteiger partial charge >= 0.3 is 0 Å². The van der Waals surface area contributed by atoms with E-state index < -0.39 is 0 Å². The van der Waals surface area contributed by atoms with Crippen molar-refractivity contribution in [2.45, 2.75) is 6.54 Å². The van der Waals surface area contributed by atoms with Gasteiger partial charge in [-0.05, 0) is 24.3 Å². The summed E-state index contributed by atoms with van der Waals surface area (Å²) < 4.78 is 7.03. The molecular weight excluding hydrogens is 374 g/mol. The van der Waals surface area contributed by atoms with E-state index in [1.54, 1.807) is 29.3 Å². The molecule has 3 heterocycles. The maximum absolute atomic E-state index is 5.29. The van der Waals surface area contributed by atoms with Crippen molar-refractivity contribution in [2.75, 3.05) is 26.1 Å². The second kappa shape index (κ2) is 7.73. The van der Waals surface area contributed by atoms with Crippen LogP contribution in [0.2, 0.25) is 0 Å². The zero-order valence-electron chi connectivity index (χ0n) is 15.8. The minimum absolute atomic E-state index is 0.503. The lowest BCUT2D eigenvalue weighted by atomic mass is 10.3. The third-order valence-corrected chi connectivity index (χ3v) is 5.36. The lowest BCUT2D eigenvalue weighted by Gasteiger charge is -2.06. The van der Waals surface area contributed by atoms with E-state index in [0.29, 0.717) is 18.0 Å². The standard InChI is InChI=1S/C19H19N7OS/c1-25(2)17-8-7-15(28-17)10-22-24-18-16-11-23-26(19(16)21-12-20-18)13-5-4-6-14(9-13)27-3/h4-9,11-12H,10H2,1-3H3. The largest absolute Gasteiger partial charge is 0.497 e. The van der Waals surface area contributed by atoms with E-state index in [1.165, 1.54) is 11.3 Å². The van der Waals surface area contributed by atoms with Crippen LogP contribution in [0, 0.1) is 0 Å². The molecule has 1 aromatic carbocycles. The first-order chi connectivity index (χ1) is 13.7. The van der Waals surface area contributed by atoms with Crippen molar-refractivity contribution in [1.82, 2.24) is 19.7 Å². The highest BCUT2D eigenvalue weighted by Crippen LogP contribution is 2.27. The van der Waals surface area contributed by atoms with Crippen LogP contribution in [0.25, 0.3) is 16.7 Å². The molecule has 0 atom stereocenters. The minimum Gasteiger partial charge on any atom is -0.497 e. The fourth-order valence-corrected chi connectivity index (χ4v) is 3.55. The molecule has 8 nitrogen and oxygen atoms in total. The van der Waals surface area contributed by atoms with Gasteiger partial charge in [0.2, 0.25) is 0 Å². The number of hydrogen-bond acceptors (Lipinski definition) is 8. The van der Waals surface area contributed by atoms with E-state index in [2.05, 4.69) is 42.3 Å². The highest BCUT2D eigenvalue weighted by atomic mass is 32.1. The fraction of sp³-hybridized carbons (Fsp3) is 0.211. The van der Waals surface area contributed by atoms with Crippen LogP contribution >= 0.6 is 11.3 Å². The molecule has 9 heteroatoms. The Kier molecular flexibility index (Phi) is 4.98. The molecule has 3 aromatic heterocycles. The first-order valence-corrected chi connectivity index (χ1v) is 9.44. The lowest BCUT2D eigenvalue weighted by Crippen LogP contribution is -2.05. The van der Waals surface area contributed by atoms with Crippen LogP contribution in [0.4, 0.5) is 10.8 Å². The molecule has 0 bridgehead atoms. The first-order valence-electron chi connectivity index (χ1n) is 8.62. The van der Waals surface area contributed by atoms with Crippen molar-refractivity contribution in [3.05, 3.63) is 53.8 Å². The zero-order valence-corrected chi connectivity index (χ0v) is 16.6. The molecule has 0 N–H and O–H groups in total. The molecule has 0 aliphatic rings. The molecule has 4 rings (SSSR count). The molecule has 0 aliphatic heterocycles. The molecule has 0 fully saturated rings. The summed E-state index contributed by atoms with van der Waals surface area (Å²) in [5.74, 6) is 1.26. The van der Waals surface area contributed by atoms with Crippen molar-refractivity contribution >= 4 is 33.2 Å². The van der Waals surface area contributed by atoms with E-state index in [0.717, 1.165) is 21.7 Å². The summed E-state index contributed by atoms with van der Waals surface area (Å²) in [6.07, 6.45) is 3.18. The molecule has 142 valence electrons. The number of ether oxygens (including phenoxy) is 1. The summed E-state index contributed by atoms with van der Waals surface area (Å²) in [5.41, 5.74) is 1.52. The van der Waals surface area contributed by atoms with Gasteiger partial charge in [0.1, 0.15) is 12.1 Å². The van der Waals surface area contributed by atoms with E-state index in [-0.39, 0.29) is 0 Å². The molecule has 0 unspecified atom stereocenters. The Morgan fingerprint density at radius 1 is 1.18 bits per heavy atom. The summed E-state index contributed by atoms with van der Waals surface area (Å²) in [6.45, 7) is 0.508. The van der Waals surface area contributed by atoms with Crippen molar-refractivity contribution in [3.63, 3.8) is 0 Å². The number of nitrogens with zero attached hydrogens (tertiary/aromatic N) is 7. The molecule has 28 heavy (non-hydrogen) atoms. The van der Waals surface area contributed by atoms with Crippen molar-refractivity contribution < 1.29 is 4.74 Å². The Labute approximate surface area is 166 Å². The molecule has 0 aliphatic carbocycles. The lowest BCUT2D eigenvalue weighted by molar-refractivity contribution is 0.414. The predicted molar refractivity (Wildman–Crippen MR) is 110 cm³/mol. The number of methoxy groups -OCH3 is 1. The monoisotopic (exact) mass is 393 g/mol.